The van der Waals surface area contributed by atoms with E-state index in [0.29, 0.717) is 5.92 Å². The normalized spacial score (nSPS) is 30.7. The highest BCUT2D eigenvalue weighted by molar-refractivity contribution is 5.71. The molecule has 0 heterocycles. The van der Waals surface area contributed by atoms with Gasteiger partial charge in [0.25, 0.3) is 0 Å². The maximum atomic E-state index is 13.9. The monoisotopic (exact) mass is 330 g/mol. The molecule has 2 atom stereocenters. The van der Waals surface area contributed by atoms with E-state index in [-0.39, 0.29) is 0 Å². The molecular formula is C22H28F2. The molecule has 0 radical (unpaired) electrons. The highest BCUT2D eigenvalue weighted by Gasteiger charge is 2.28. The first-order valence-corrected chi connectivity index (χ1v) is 9.41. The van der Waals surface area contributed by atoms with E-state index < -0.39 is 17.9 Å². The molecule has 0 bridgehead atoms. The van der Waals surface area contributed by atoms with Gasteiger partial charge in [0, 0.05) is 5.92 Å². The van der Waals surface area contributed by atoms with Crippen molar-refractivity contribution in [3.63, 3.8) is 0 Å². The van der Waals surface area contributed by atoms with Crippen molar-refractivity contribution in [2.45, 2.75) is 64.5 Å². The van der Waals surface area contributed by atoms with Gasteiger partial charge in [0.05, 0.1) is 0 Å². The first kappa shape index (κ1) is 17.4. The first-order valence-electron chi connectivity index (χ1n) is 9.41. The van der Waals surface area contributed by atoms with E-state index >= 15 is 0 Å². The molecule has 130 valence electrons. The number of rotatable bonds is 4. The summed E-state index contributed by atoms with van der Waals surface area (Å²) in [5.41, 5.74) is 3.30. The highest BCUT2D eigenvalue weighted by Crippen LogP contribution is 2.39. The summed E-state index contributed by atoms with van der Waals surface area (Å²) in [5.74, 6) is 0.496. The van der Waals surface area contributed by atoms with Gasteiger partial charge in [0.15, 0.2) is 6.17 Å². The van der Waals surface area contributed by atoms with Crippen molar-refractivity contribution in [1.82, 2.24) is 0 Å². The lowest BCUT2D eigenvalue weighted by molar-refractivity contribution is 0.277. The van der Waals surface area contributed by atoms with Crippen LogP contribution in [-0.4, -0.2) is 6.17 Å². The molecule has 24 heavy (non-hydrogen) atoms. The summed E-state index contributed by atoms with van der Waals surface area (Å²) in [4.78, 5) is 0. The third kappa shape index (κ3) is 3.63. The average molecular weight is 330 g/mol. The van der Waals surface area contributed by atoms with Crippen molar-refractivity contribution in [1.29, 1.82) is 0 Å². The third-order valence-electron chi connectivity index (χ3n) is 5.87. The lowest BCUT2D eigenvalue weighted by atomic mass is 9.77. The number of alkyl halides is 1. The van der Waals surface area contributed by atoms with Crippen LogP contribution in [0.1, 0.15) is 69.4 Å². The van der Waals surface area contributed by atoms with Crippen molar-refractivity contribution in [3.8, 4) is 0 Å². The molecule has 1 saturated carbocycles. The summed E-state index contributed by atoms with van der Waals surface area (Å²) in [5, 5.41) is 0. The minimum absolute atomic E-state index is 0.426. The molecule has 0 aliphatic heterocycles. The number of allylic oxidation sites excluding steroid dienone is 4. The van der Waals surface area contributed by atoms with Gasteiger partial charge >= 0.3 is 0 Å². The van der Waals surface area contributed by atoms with Crippen LogP contribution in [0.3, 0.4) is 0 Å². The van der Waals surface area contributed by atoms with Crippen molar-refractivity contribution >= 4 is 5.57 Å². The van der Waals surface area contributed by atoms with E-state index in [4.69, 9.17) is 0 Å². The Kier molecular flexibility index (Phi) is 5.53. The number of halogens is 2. The lowest BCUT2D eigenvalue weighted by Crippen LogP contribution is -2.18. The molecule has 0 nitrogen and oxygen atoms in total. The second-order valence-corrected chi connectivity index (χ2v) is 7.49. The van der Waals surface area contributed by atoms with Crippen LogP contribution in [0.5, 0.6) is 0 Å². The Morgan fingerprint density at radius 2 is 1.67 bits per heavy atom. The fourth-order valence-electron chi connectivity index (χ4n) is 4.31. The fraction of sp³-hybridized carbons (Fsp3) is 0.545. The molecule has 1 fully saturated rings. The molecule has 0 amide bonds. The molecule has 0 aromatic heterocycles. The molecule has 3 rings (SSSR count). The Hall–Kier alpha value is -1.44. The summed E-state index contributed by atoms with van der Waals surface area (Å²) in [6.45, 7) is 4.03. The van der Waals surface area contributed by atoms with Crippen LogP contribution in [0, 0.1) is 11.8 Å². The minimum atomic E-state index is -1.52. The van der Waals surface area contributed by atoms with E-state index in [9.17, 15) is 8.78 Å². The van der Waals surface area contributed by atoms with Crippen LogP contribution in [0.4, 0.5) is 8.78 Å². The summed E-state index contributed by atoms with van der Waals surface area (Å²) in [6, 6.07) is 8.55. The molecule has 2 aliphatic rings. The van der Waals surface area contributed by atoms with Crippen LogP contribution in [0.15, 0.2) is 42.2 Å². The Labute approximate surface area is 144 Å². The van der Waals surface area contributed by atoms with E-state index in [1.807, 2.05) is 0 Å². The van der Waals surface area contributed by atoms with Gasteiger partial charge in [0.2, 0.25) is 0 Å². The van der Waals surface area contributed by atoms with Gasteiger partial charge in [-0.3, -0.25) is 0 Å². The zero-order chi connectivity index (χ0) is 17.1. The van der Waals surface area contributed by atoms with E-state index in [0.717, 1.165) is 17.1 Å². The Morgan fingerprint density at radius 1 is 1.00 bits per heavy atom. The number of benzene rings is 1. The standard InChI is InChI=1S/C22H28F2/c1-3-4-16-5-7-17(8-6-16)18-9-11-19(12-10-18)20-13-14-21(23)22(24)15(20)2/h9-17,22H,3-8H2,1-2H3. The topological polar surface area (TPSA) is 0 Å². The van der Waals surface area contributed by atoms with Crippen LogP contribution in [-0.2, 0) is 0 Å². The van der Waals surface area contributed by atoms with E-state index in [1.165, 1.54) is 50.2 Å². The van der Waals surface area contributed by atoms with Gasteiger partial charge in [-0.05, 0) is 60.3 Å². The summed E-state index contributed by atoms with van der Waals surface area (Å²) < 4.78 is 27.2. The van der Waals surface area contributed by atoms with Crippen LogP contribution < -0.4 is 0 Å². The molecule has 2 unspecified atom stereocenters. The molecule has 2 heteroatoms. The van der Waals surface area contributed by atoms with Crippen molar-refractivity contribution in [3.05, 3.63) is 53.4 Å². The van der Waals surface area contributed by atoms with Crippen LogP contribution >= 0.6 is 0 Å². The first-order chi connectivity index (χ1) is 11.6. The fourth-order valence-corrected chi connectivity index (χ4v) is 4.31. The molecular weight excluding hydrogens is 302 g/mol. The van der Waals surface area contributed by atoms with Crippen molar-refractivity contribution < 1.29 is 8.78 Å². The predicted octanol–water partition coefficient (Wildman–Crippen LogP) is 6.99. The molecule has 1 aromatic carbocycles. The van der Waals surface area contributed by atoms with Crippen LogP contribution in [0.25, 0.3) is 5.57 Å². The largest absolute Gasteiger partial charge is 0.239 e. The second-order valence-electron chi connectivity index (χ2n) is 7.49. The highest BCUT2D eigenvalue weighted by atomic mass is 19.2. The third-order valence-corrected chi connectivity index (χ3v) is 5.87. The van der Waals surface area contributed by atoms with Gasteiger partial charge < -0.3 is 0 Å². The lowest BCUT2D eigenvalue weighted by Gasteiger charge is -2.29. The maximum Gasteiger partial charge on any atom is 0.158 e. The van der Waals surface area contributed by atoms with Crippen molar-refractivity contribution in [2.75, 3.05) is 0 Å². The summed E-state index contributed by atoms with van der Waals surface area (Å²) in [7, 11) is 0. The predicted molar refractivity (Wildman–Crippen MR) is 97.3 cm³/mol. The Balaban J connectivity index is 1.68. The minimum Gasteiger partial charge on any atom is -0.239 e. The van der Waals surface area contributed by atoms with Gasteiger partial charge in [-0.1, -0.05) is 57.0 Å². The maximum absolute atomic E-state index is 13.9. The molecule has 2 aliphatic carbocycles. The number of hydrogen-bond donors (Lipinski definition) is 0. The van der Waals surface area contributed by atoms with Gasteiger partial charge in [-0.25, -0.2) is 8.78 Å². The van der Waals surface area contributed by atoms with Gasteiger partial charge in [-0.15, -0.1) is 0 Å². The smallest absolute Gasteiger partial charge is 0.158 e. The number of hydrogen-bond acceptors (Lipinski definition) is 0. The Morgan fingerprint density at radius 3 is 2.29 bits per heavy atom. The van der Waals surface area contributed by atoms with Gasteiger partial charge in [0.1, 0.15) is 5.83 Å². The van der Waals surface area contributed by atoms with Crippen molar-refractivity contribution in [2.24, 2.45) is 11.8 Å². The van der Waals surface area contributed by atoms with Crippen LogP contribution in [0.2, 0.25) is 0 Å². The molecule has 0 N–H and O–H groups in total. The molecule has 0 saturated heterocycles. The molecule has 1 aromatic rings. The van der Waals surface area contributed by atoms with E-state index in [1.54, 1.807) is 13.0 Å². The zero-order valence-electron chi connectivity index (χ0n) is 14.8. The van der Waals surface area contributed by atoms with Gasteiger partial charge in [-0.2, -0.15) is 0 Å². The molecule has 0 spiro atoms. The summed E-state index contributed by atoms with van der Waals surface area (Å²) >= 11 is 0. The average Bonchev–Trinajstić information content (AvgIpc) is 2.61. The summed E-state index contributed by atoms with van der Waals surface area (Å²) in [6.07, 6.45) is 9.38. The Bertz CT molecular complexity index is 603. The quantitative estimate of drug-likeness (QED) is 0.558. The van der Waals surface area contributed by atoms with E-state index in [2.05, 4.69) is 31.2 Å². The zero-order valence-corrected chi connectivity index (χ0v) is 14.8. The second kappa shape index (κ2) is 7.63. The SMILES string of the molecule is CCCC1CCC(c2ccc(C3=CC=C(F)C(F)C3C)cc2)CC1.